The molecule has 106 valence electrons. The number of likely N-dealkylation sites (N-methyl/N-ethyl adjacent to an activating group) is 1. The van der Waals surface area contributed by atoms with Gasteiger partial charge in [-0.2, -0.15) is 0 Å². The molecular weight excluding hydrogens is 281 g/mol. The highest BCUT2D eigenvalue weighted by atomic mass is 32.1. The van der Waals surface area contributed by atoms with Crippen molar-refractivity contribution < 1.29 is 14.0 Å². The number of rotatable bonds is 3. The second-order valence-corrected chi connectivity index (χ2v) is 5.48. The SMILES string of the molecule is CN(C)C(=O)CNC(=O)c1sc2cccc(F)c2c1N. The van der Waals surface area contributed by atoms with Gasteiger partial charge in [-0.05, 0) is 12.1 Å². The van der Waals surface area contributed by atoms with Crippen molar-refractivity contribution in [2.75, 3.05) is 26.4 Å². The van der Waals surface area contributed by atoms with Crippen molar-refractivity contribution in [1.29, 1.82) is 0 Å². The van der Waals surface area contributed by atoms with Gasteiger partial charge in [0, 0.05) is 18.8 Å². The van der Waals surface area contributed by atoms with Crippen LogP contribution in [0.1, 0.15) is 9.67 Å². The summed E-state index contributed by atoms with van der Waals surface area (Å²) in [5, 5.41) is 2.73. The maximum Gasteiger partial charge on any atom is 0.263 e. The summed E-state index contributed by atoms with van der Waals surface area (Å²) in [6.45, 7) is -0.123. The summed E-state index contributed by atoms with van der Waals surface area (Å²) in [6, 6.07) is 4.55. The van der Waals surface area contributed by atoms with E-state index in [1.807, 2.05) is 0 Å². The number of benzene rings is 1. The Labute approximate surface area is 119 Å². The highest BCUT2D eigenvalue weighted by Gasteiger charge is 2.19. The van der Waals surface area contributed by atoms with Crippen molar-refractivity contribution in [3.05, 3.63) is 28.9 Å². The van der Waals surface area contributed by atoms with Crippen molar-refractivity contribution in [1.82, 2.24) is 10.2 Å². The van der Waals surface area contributed by atoms with E-state index in [-0.39, 0.29) is 28.4 Å². The fourth-order valence-electron chi connectivity index (χ4n) is 1.69. The molecule has 0 aliphatic heterocycles. The molecule has 0 saturated heterocycles. The maximum absolute atomic E-state index is 13.7. The van der Waals surface area contributed by atoms with Gasteiger partial charge in [0.2, 0.25) is 5.91 Å². The average molecular weight is 295 g/mol. The molecule has 2 aromatic rings. The Hall–Kier alpha value is -2.15. The first kappa shape index (κ1) is 14.3. The minimum atomic E-state index is -0.474. The lowest BCUT2D eigenvalue weighted by molar-refractivity contribution is -0.127. The fourth-order valence-corrected chi connectivity index (χ4v) is 2.75. The molecule has 1 aromatic carbocycles. The Morgan fingerprint density at radius 1 is 1.40 bits per heavy atom. The van der Waals surface area contributed by atoms with Gasteiger partial charge in [0.05, 0.1) is 17.6 Å². The van der Waals surface area contributed by atoms with E-state index in [2.05, 4.69) is 5.32 Å². The normalized spacial score (nSPS) is 10.6. The van der Waals surface area contributed by atoms with E-state index >= 15 is 0 Å². The van der Waals surface area contributed by atoms with Gasteiger partial charge in [-0.15, -0.1) is 11.3 Å². The standard InChI is InChI=1S/C13H14FN3O2S/c1-17(2)9(18)6-16-13(19)12-11(15)10-7(14)4-3-5-8(10)20-12/h3-5H,6,15H2,1-2H3,(H,16,19). The van der Waals surface area contributed by atoms with Crippen LogP contribution in [0.15, 0.2) is 18.2 Å². The van der Waals surface area contributed by atoms with Crippen LogP contribution in [0.4, 0.5) is 10.1 Å². The molecule has 2 amide bonds. The molecule has 1 aromatic heterocycles. The van der Waals surface area contributed by atoms with E-state index in [1.54, 1.807) is 26.2 Å². The number of halogens is 1. The molecule has 5 nitrogen and oxygen atoms in total. The number of thiophene rings is 1. The zero-order chi connectivity index (χ0) is 14.9. The number of anilines is 1. The Bertz CT molecular complexity index is 682. The zero-order valence-electron chi connectivity index (χ0n) is 11.1. The van der Waals surface area contributed by atoms with E-state index in [4.69, 9.17) is 5.73 Å². The maximum atomic E-state index is 13.7. The molecule has 1 heterocycles. The predicted octanol–water partition coefficient (Wildman–Crippen LogP) is 1.44. The number of nitrogens with zero attached hydrogens (tertiary/aromatic N) is 1. The van der Waals surface area contributed by atoms with Gasteiger partial charge >= 0.3 is 0 Å². The molecule has 0 atom stereocenters. The number of nitrogens with two attached hydrogens (primary N) is 1. The second kappa shape index (κ2) is 5.46. The largest absolute Gasteiger partial charge is 0.397 e. The molecule has 2 rings (SSSR count). The molecule has 0 aliphatic carbocycles. The summed E-state index contributed by atoms with van der Waals surface area (Å²) < 4.78 is 14.3. The average Bonchev–Trinajstić information content (AvgIpc) is 2.74. The van der Waals surface area contributed by atoms with Gasteiger partial charge in [-0.25, -0.2) is 4.39 Å². The number of carbonyl (C=O) groups excluding carboxylic acids is 2. The molecule has 0 saturated carbocycles. The summed E-state index contributed by atoms with van der Waals surface area (Å²) in [5.41, 5.74) is 5.93. The number of nitrogen functional groups attached to an aromatic ring is 1. The van der Waals surface area contributed by atoms with Gasteiger partial charge in [0.1, 0.15) is 10.7 Å². The van der Waals surface area contributed by atoms with Crippen LogP contribution in [0.2, 0.25) is 0 Å². The predicted molar refractivity (Wildman–Crippen MR) is 77.2 cm³/mol. The van der Waals surface area contributed by atoms with Gasteiger partial charge in [0.15, 0.2) is 0 Å². The highest BCUT2D eigenvalue weighted by Crippen LogP contribution is 2.35. The van der Waals surface area contributed by atoms with Crippen LogP contribution >= 0.6 is 11.3 Å². The Balaban J connectivity index is 2.25. The number of hydrogen-bond acceptors (Lipinski definition) is 4. The molecule has 3 N–H and O–H groups in total. The molecule has 0 unspecified atom stereocenters. The van der Waals surface area contributed by atoms with E-state index < -0.39 is 11.7 Å². The minimum absolute atomic E-state index is 0.109. The zero-order valence-corrected chi connectivity index (χ0v) is 11.9. The topological polar surface area (TPSA) is 75.4 Å². The number of nitrogens with one attached hydrogen (secondary N) is 1. The summed E-state index contributed by atoms with van der Waals surface area (Å²) in [5.74, 6) is -1.16. The first-order valence-corrected chi connectivity index (χ1v) is 6.68. The lowest BCUT2D eigenvalue weighted by atomic mass is 10.2. The van der Waals surface area contributed by atoms with Crippen molar-refractivity contribution in [3.8, 4) is 0 Å². The van der Waals surface area contributed by atoms with Crippen molar-refractivity contribution in [3.63, 3.8) is 0 Å². The number of hydrogen-bond donors (Lipinski definition) is 2. The third-order valence-corrected chi connectivity index (χ3v) is 3.98. The molecule has 7 heteroatoms. The van der Waals surface area contributed by atoms with Crippen molar-refractivity contribution >= 4 is 38.9 Å². The Kier molecular flexibility index (Phi) is 3.89. The van der Waals surface area contributed by atoms with Crippen LogP contribution in [0, 0.1) is 5.82 Å². The first-order valence-electron chi connectivity index (χ1n) is 5.86. The Morgan fingerprint density at radius 3 is 2.70 bits per heavy atom. The Morgan fingerprint density at radius 2 is 2.10 bits per heavy atom. The van der Waals surface area contributed by atoms with Gasteiger partial charge in [-0.1, -0.05) is 6.07 Å². The van der Waals surface area contributed by atoms with Crippen LogP contribution in [-0.4, -0.2) is 37.4 Å². The van der Waals surface area contributed by atoms with Crippen molar-refractivity contribution in [2.24, 2.45) is 0 Å². The fraction of sp³-hybridized carbons (Fsp3) is 0.231. The number of carbonyl (C=O) groups is 2. The number of fused-ring (bicyclic) bond motifs is 1. The van der Waals surface area contributed by atoms with E-state index in [0.717, 1.165) is 11.3 Å². The second-order valence-electron chi connectivity index (χ2n) is 4.43. The summed E-state index contributed by atoms with van der Waals surface area (Å²) in [6.07, 6.45) is 0. The molecule has 0 fully saturated rings. The molecule has 0 radical (unpaired) electrons. The van der Waals surface area contributed by atoms with Gasteiger partial charge in [0.25, 0.3) is 5.91 Å². The summed E-state index contributed by atoms with van der Waals surface area (Å²) in [7, 11) is 3.19. The molecule has 0 aliphatic rings. The molecular formula is C13H14FN3O2S. The van der Waals surface area contributed by atoms with Crippen LogP contribution in [0.5, 0.6) is 0 Å². The van der Waals surface area contributed by atoms with E-state index in [0.29, 0.717) is 4.70 Å². The molecule has 0 spiro atoms. The first-order chi connectivity index (χ1) is 9.41. The summed E-state index contributed by atoms with van der Waals surface area (Å²) in [4.78, 5) is 25.0. The van der Waals surface area contributed by atoms with Crippen LogP contribution < -0.4 is 11.1 Å². The third-order valence-electron chi connectivity index (χ3n) is 2.81. The van der Waals surface area contributed by atoms with Crippen molar-refractivity contribution in [2.45, 2.75) is 0 Å². The summed E-state index contributed by atoms with van der Waals surface area (Å²) >= 11 is 1.10. The van der Waals surface area contributed by atoms with E-state index in [9.17, 15) is 14.0 Å². The number of amides is 2. The van der Waals surface area contributed by atoms with E-state index in [1.165, 1.54) is 11.0 Å². The highest BCUT2D eigenvalue weighted by molar-refractivity contribution is 7.21. The third kappa shape index (κ3) is 2.57. The van der Waals surface area contributed by atoms with Gasteiger partial charge in [-0.3, -0.25) is 9.59 Å². The quantitative estimate of drug-likeness (QED) is 0.899. The molecule has 0 bridgehead atoms. The monoisotopic (exact) mass is 295 g/mol. The lowest BCUT2D eigenvalue weighted by Gasteiger charge is -2.10. The van der Waals surface area contributed by atoms with Crippen LogP contribution in [-0.2, 0) is 4.79 Å². The van der Waals surface area contributed by atoms with Gasteiger partial charge < -0.3 is 16.0 Å². The van der Waals surface area contributed by atoms with Crippen LogP contribution in [0.3, 0.4) is 0 Å². The van der Waals surface area contributed by atoms with Crippen LogP contribution in [0.25, 0.3) is 10.1 Å². The minimum Gasteiger partial charge on any atom is -0.397 e. The smallest absolute Gasteiger partial charge is 0.263 e. The lowest BCUT2D eigenvalue weighted by Crippen LogP contribution is -2.36. The molecule has 20 heavy (non-hydrogen) atoms.